The highest BCUT2D eigenvalue weighted by atomic mass is 127. The van der Waals surface area contributed by atoms with Gasteiger partial charge in [0.25, 0.3) is 5.91 Å². The van der Waals surface area contributed by atoms with Gasteiger partial charge in [-0.25, -0.2) is 4.79 Å². The Morgan fingerprint density at radius 2 is 2.05 bits per heavy atom. The summed E-state index contributed by atoms with van der Waals surface area (Å²) in [5.74, 6) is -1.90. The molecule has 2 rings (SSSR count). The molecule has 1 aromatic carbocycles. The maximum atomic E-state index is 12.2. The van der Waals surface area contributed by atoms with Crippen LogP contribution in [0.1, 0.15) is 16.8 Å². The maximum Gasteiger partial charge on any atom is 0.331 e. The minimum atomic E-state index is -1.42. The highest BCUT2D eigenvalue weighted by Crippen LogP contribution is 2.28. The molecule has 3 N–H and O–H groups in total. The van der Waals surface area contributed by atoms with Crippen LogP contribution in [0.5, 0.6) is 5.75 Å². The van der Waals surface area contributed by atoms with Crippen LogP contribution in [0.25, 0.3) is 0 Å². The van der Waals surface area contributed by atoms with Gasteiger partial charge in [0.1, 0.15) is 5.75 Å². The second-order valence-electron chi connectivity index (χ2n) is 4.43. The second-order valence-corrected chi connectivity index (χ2v) is 6.84. The Labute approximate surface area is 142 Å². The number of halogens is 2. The molecule has 1 fully saturated rings. The number of carboxylic acid groups (broad SMARTS) is 1. The number of aromatic hydroxyl groups is 1. The van der Waals surface area contributed by atoms with Gasteiger partial charge in [-0.1, -0.05) is 0 Å². The normalized spacial score (nSPS) is 21.7. The Morgan fingerprint density at radius 1 is 1.35 bits per heavy atom. The van der Waals surface area contributed by atoms with E-state index in [-0.39, 0.29) is 30.9 Å². The molecule has 1 aromatic rings. The number of hydrogen-bond acceptors (Lipinski definition) is 4. The van der Waals surface area contributed by atoms with Crippen LogP contribution in [0, 0.1) is 7.14 Å². The fourth-order valence-corrected chi connectivity index (χ4v) is 3.75. The number of nitrogens with one attached hydrogen (secondary N) is 1. The van der Waals surface area contributed by atoms with Crippen LogP contribution < -0.4 is 5.32 Å². The van der Waals surface area contributed by atoms with Crippen molar-refractivity contribution < 1.29 is 24.5 Å². The summed E-state index contributed by atoms with van der Waals surface area (Å²) in [6.07, 6.45) is 0.204. The third-order valence-corrected chi connectivity index (χ3v) is 4.50. The SMILES string of the molecule is O=C(NC1(C(=O)O)CCOC1)c1cc(I)cc(I)c1O. The van der Waals surface area contributed by atoms with Gasteiger partial charge in [-0.3, -0.25) is 4.79 Å². The van der Waals surface area contributed by atoms with Gasteiger partial charge >= 0.3 is 5.97 Å². The molecule has 6 nitrogen and oxygen atoms in total. The molecule has 1 saturated heterocycles. The maximum absolute atomic E-state index is 12.2. The number of hydrogen-bond donors (Lipinski definition) is 3. The lowest BCUT2D eigenvalue weighted by molar-refractivity contribution is -0.144. The second kappa shape index (κ2) is 6.02. The fraction of sp³-hybridized carbons (Fsp3) is 0.333. The van der Waals surface area contributed by atoms with E-state index in [9.17, 15) is 19.8 Å². The topological polar surface area (TPSA) is 95.9 Å². The predicted molar refractivity (Wildman–Crippen MR) is 86.8 cm³/mol. The number of benzene rings is 1. The van der Waals surface area contributed by atoms with E-state index in [4.69, 9.17) is 4.74 Å². The van der Waals surface area contributed by atoms with E-state index in [1.54, 1.807) is 6.07 Å². The van der Waals surface area contributed by atoms with Crippen LogP contribution in [0.4, 0.5) is 0 Å². The van der Waals surface area contributed by atoms with Crippen molar-refractivity contribution in [3.63, 3.8) is 0 Å². The first kappa shape index (κ1) is 15.8. The zero-order valence-corrected chi connectivity index (χ0v) is 14.5. The number of carbonyl (C=O) groups is 2. The summed E-state index contributed by atoms with van der Waals surface area (Å²) in [6, 6.07) is 3.23. The van der Waals surface area contributed by atoms with Gasteiger partial charge in [0.05, 0.1) is 15.7 Å². The molecule has 0 radical (unpaired) electrons. The van der Waals surface area contributed by atoms with Gasteiger partial charge in [-0.05, 0) is 57.3 Å². The number of carbonyl (C=O) groups excluding carboxylic acids is 1. The van der Waals surface area contributed by atoms with Crippen LogP contribution in [-0.4, -0.2) is 40.8 Å². The van der Waals surface area contributed by atoms with E-state index >= 15 is 0 Å². The summed E-state index contributed by atoms with van der Waals surface area (Å²) in [5.41, 5.74) is -1.36. The van der Waals surface area contributed by atoms with Crippen LogP contribution in [-0.2, 0) is 9.53 Å². The molecule has 0 aliphatic carbocycles. The Bertz CT molecular complexity index is 569. The summed E-state index contributed by atoms with van der Waals surface area (Å²) >= 11 is 3.94. The Hall–Kier alpha value is -0.620. The zero-order valence-electron chi connectivity index (χ0n) is 10.2. The fourth-order valence-electron chi connectivity index (χ4n) is 1.91. The van der Waals surface area contributed by atoms with Crippen molar-refractivity contribution in [3.05, 3.63) is 24.8 Å². The number of ether oxygens (including phenoxy) is 1. The lowest BCUT2D eigenvalue weighted by Gasteiger charge is -2.24. The van der Waals surface area contributed by atoms with Crippen molar-refractivity contribution in [1.29, 1.82) is 0 Å². The molecular weight excluding hydrogens is 492 g/mol. The van der Waals surface area contributed by atoms with Crippen molar-refractivity contribution in [3.8, 4) is 5.75 Å². The van der Waals surface area contributed by atoms with Crippen molar-refractivity contribution in [2.45, 2.75) is 12.0 Å². The average Bonchev–Trinajstić information content (AvgIpc) is 2.83. The molecule has 1 atom stereocenters. The molecule has 8 heteroatoms. The number of amides is 1. The summed E-state index contributed by atoms with van der Waals surface area (Å²) < 4.78 is 6.39. The summed E-state index contributed by atoms with van der Waals surface area (Å²) in [6.45, 7) is 0.207. The average molecular weight is 503 g/mol. The molecule has 0 spiro atoms. The van der Waals surface area contributed by atoms with Crippen LogP contribution in [0.2, 0.25) is 0 Å². The van der Waals surface area contributed by atoms with Crippen LogP contribution in [0.15, 0.2) is 12.1 Å². The lowest BCUT2D eigenvalue weighted by Crippen LogP contribution is -2.55. The summed E-state index contributed by atoms with van der Waals surface area (Å²) in [5, 5.41) is 21.7. The summed E-state index contributed by atoms with van der Waals surface area (Å²) in [7, 11) is 0. The molecular formula is C12H11I2NO5. The van der Waals surface area contributed by atoms with Gasteiger partial charge in [0.2, 0.25) is 0 Å². The number of carboxylic acids is 1. The number of rotatable bonds is 3. The van der Waals surface area contributed by atoms with E-state index in [1.807, 2.05) is 45.2 Å². The van der Waals surface area contributed by atoms with E-state index in [0.29, 0.717) is 3.57 Å². The van der Waals surface area contributed by atoms with E-state index in [1.165, 1.54) is 6.07 Å². The third-order valence-electron chi connectivity index (χ3n) is 3.06. The predicted octanol–water partition coefficient (Wildman–Crippen LogP) is 1.57. The van der Waals surface area contributed by atoms with Crippen molar-refractivity contribution in [2.75, 3.05) is 13.2 Å². The van der Waals surface area contributed by atoms with E-state index < -0.39 is 17.4 Å². The smallest absolute Gasteiger partial charge is 0.331 e. The molecule has 0 aromatic heterocycles. The quantitative estimate of drug-likeness (QED) is 0.545. The first-order valence-electron chi connectivity index (χ1n) is 5.67. The Kier molecular flexibility index (Phi) is 4.74. The molecule has 108 valence electrons. The van der Waals surface area contributed by atoms with Gasteiger partial charge in [-0.15, -0.1) is 0 Å². The number of aliphatic carboxylic acids is 1. The minimum Gasteiger partial charge on any atom is -0.506 e. The lowest BCUT2D eigenvalue weighted by atomic mass is 9.98. The molecule has 20 heavy (non-hydrogen) atoms. The van der Waals surface area contributed by atoms with E-state index in [0.717, 1.165) is 3.57 Å². The molecule has 1 unspecified atom stereocenters. The highest BCUT2D eigenvalue weighted by Gasteiger charge is 2.44. The first-order chi connectivity index (χ1) is 9.35. The Morgan fingerprint density at radius 3 is 2.60 bits per heavy atom. The molecule has 0 bridgehead atoms. The van der Waals surface area contributed by atoms with E-state index in [2.05, 4.69) is 5.32 Å². The third kappa shape index (κ3) is 3.01. The van der Waals surface area contributed by atoms with Gasteiger partial charge in [0, 0.05) is 16.6 Å². The van der Waals surface area contributed by atoms with Crippen LogP contribution >= 0.6 is 45.2 Å². The first-order valence-corrected chi connectivity index (χ1v) is 7.83. The molecule has 0 saturated carbocycles. The molecule has 1 aliphatic rings. The number of phenolic OH excluding ortho intramolecular Hbond substituents is 1. The van der Waals surface area contributed by atoms with Crippen molar-refractivity contribution >= 4 is 57.1 Å². The van der Waals surface area contributed by atoms with Gasteiger partial charge in [0.15, 0.2) is 5.54 Å². The van der Waals surface area contributed by atoms with Crippen molar-refractivity contribution in [2.24, 2.45) is 0 Å². The van der Waals surface area contributed by atoms with Crippen molar-refractivity contribution in [1.82, 2.24) is 5.32 Å². The van der Waals surface area contributed by atoms with Gasteiger partial charge in [-0.2, -0.15) is 0 Å². The highest BCUT2D eigenvalue weighted by molar-refractivity contribution is 14.1. The summed E-state index contributed by atoms with van der Waals surface area (Å²) in [4.78, 5) is 23.6. The van der Waals surface area contributed by atoms with Gasteiger partial charge < -0.3 is 20.3 Å². The largest absolute Gasteiger partial charge is 0.506 e. The van der Waals surface area contributed by atoms with Crippen LogP contribution in [0.3, 0.4) is 0 Å². The zero-order chi connectivity index (χ0) is 14.9. The standard InChI is InChI=1S/C12H11I2NO5/c13-6-3-7(9(16)8(14)4-6)10(17)15-12(11(18)19)1-2-20-5-12/h3-4,16H,1-2,5H2,(H,15,17)(H,18,19). The molecule has 1 heterocycles. The monoisotopic (exact) mass is 503 g/mol. The molecule has 1 aliphatic heterocycles. The Balaban J connectivity index is 2.30. The molecule has 1 amide bonds. The number of phenols is 1. The minimum absolute atomic E-state index is 0.0637.